The Kier molecular flexibility index (Phi) is 4.27. The zero-order valence-corrected chi connectivity index (χ0v) is 13.8. The molecule has 1 heterocycles. The van der Waals surface area contributed by atoms with Gasteiger partial charge in [-0.05, 0) is 24.6 Å². The molecule has 0 atom stereocenters. The Morgan fingerprint density at radius 2 is 1.92 bits per heavy atom. The second-order valence-electron chi connectivity index (χ2n) is 5.24. The average Bonchev–Trinajstić information content (AvgIpc) is 2.58. The van der Waals surface area contributed by atoms with Crippen LogP contribution in [0.15, 0.2) is 51.9 Å². The van der Waals surface area contributed by atoms with Gasteiger partial charge in [0.2, 0.25) is 0 Å². The molecule has 0 aliphatic heterocycles. The Bertz CT molecular complexity index is 994. The van der Waals surface area contributed by atoms with Crippen LogP contribution in [0.4, 0.5) is 5.69 Å². The third-order valence-electron chi connectivity index (χ3n) is 3.69. The van der Waals surface area contributed by atoms with Gasteiger partial charge in [0.05, 0.1) is 23.7 Å². The molecule has 0 bridgehead atoms. The number of methoxy groups -OCH3 is 1. The largest absolute Gasteiger partial charge is 0.495 e. The topological polar surface area (TPSA) is 68.5 Å². The third-order valence-corrected chi connectivity index (χ3v) is 4.10. The van der Waals surface area contributed by atoms with Crippen LogP contribution in [0.1, 0.15) is 15.9 Å². The monoisotopic (exact) mass is 343 g/mol. The number of ether oxygens (including phenoxy) is 1. The van der Waals surface area contributed by atoms with E-state index in [1.54, 1.807) is 36.4 Å². The number of halogens is 1. The first kappa shape index (κ1) is 16.1. The van der Waals surface area contributed by atoms with Gasteiger partial charge in [-0.15, -0.1) is 0 Å². The number of fused-ring (bicyclic) bond motifs is 1. The van der Waals surface area contributed by atoms with E-state index in [1.165, 1.54) is 7.11 Å². The highest BCUT2D eigenvalue weighted by Crippen LogP contribution is 2.31. The van der Waals surface area contributed by atoms with Crippen molar-refractivity contribution >= 4 is 34.0 Å². The van der Waals surface area contributed by atoms with Gasteiger partial charge in [-0.1, -0.05) is 29.8 Å². The molecule has 6 heteroatoms. The number of benzene rings is 2. The molecule has 0 unspecified atom stereocenters. The summed E-state index contributed by atoms with van der Waals surface area (Å²) in [7, 11) is 1.49. The molecule has 1 amide bonds. The fraction of sp³-hybridized carbons (Fsp3) is 0.111. The molecule has 0 saturated heterocycles. The van der Waals surface area contributed by atoms with Crippen molar-refractivity contribution < 1.29 is 13.9 Å². The standard InChI is InChI=1S/C18H14ClNO4/c1-10-7-15(16(23-2)8-14(10)19)20-17(21)13-9-24-18(22)12-6-4-3-5-11(12)13/h3-9H,1-2H3,(H,20,21). The summed E-state index contributed by atoms with van der Waals surface area (Å²) in [4.78, 5) is 24.4. The van der Waals surface area contributed by atoms with Crippen molar-refractivity contribution in [1.29, 1.82) is 0 Å². The number of hydrogen-bond donors (Lipinski definition) is 1. The first-order valence-electron chi connectivity index (χ1n) is 7.17. The second kappa shape index (κ2) is 6.37. The lowest BCUT2D eigenvalue weighted by molar-refractivity contribution is 0.102. The van der Waals surface area contributed by atoms with Crippen LogP contribution in [-0.2, 0) is 0 Å². The fourth-order valence-electron chi connectivity index (χ4n) is 2.43. The Balaban J connectivity index is 2.04. The molecule has 0 fully saturated rings. The molecule has 0 radical (unpaired) electrons. The van der Waals surface area contributed by atoms with Gasteiger partial charge in [0, 0.05) is 16.5 Å². The number of carbonyl (C=O) groups excluding carboxylic acids is 1. The summed E-state index contributed by atoms with van der Waals surface area (Å²) in [5, 5.41) is 4.19. The molecule has 0 aliphatic carbocycles. The maximum atomic E-state index is 12.6. The fourth-order valence-corrected chi connectivity index (χ4v) is 2.58. The molecule has 122 valence electrons. The molecule has 24 heavy (non-hydrogen) atoms. The smallest absolute Gasteiger partial charge is 0.343 e. The quantitative estimate of drug-likeness (QED) is 0.780. The van der Waals surface area contributed by atoms with Crippen LogP contribution in [0.25, 0.3) is 10.8 Å². The van der Waals surface area contributed by atoms with Crippen LogP contribution in [-0.4, -0.2) is 13.0 Å². The first-order chi connectivity index (χ1) is 11.5. The number of carbonyl (C=O) groups is 1. The Labute approximate surface area is 142 Å². The van der Waals surface area contributed by atoms with E-state index in [1.807, 2.05) is 6.92 Å². The molecule has 2 aromatic carbocycles. The predicted molar refractivity (Wildman–Crippen MR) is 93.2 cm³/mol. The summed E-state index contributed by atoms with van der Waals surface area (Å²) in [5.74, 6) is 0.0376. The van der Waals surface area contributed by atoms with E-state index in [9.17, 15) is 9.59 Å². The summed E-state index contributed by atoms with van der Waals surface area (Å²) in [6.45, 7) is 1.83. The van der Waals surface area contributed by atoms with Crippen LogP contribution >= 0.6 is 11.6 Å². The summed E-state index contributed by atoms with van der Waals surface area (Å²) in [5.41, 5.74) is 1.07. The van der Waals surface area contributed by atoms with Gasteiger partial charge in [-0.2, -0.15) is 0 Å². The summed E-state index contributed by atoms with van der Waals surface area (Å²) in [6.07, 6.45) is 1.16. The average molecular weight is 344 g/mol. The zero-order chi connectivity index (χ0) is 17.3. The summed E-state index contributed by atoms with van der Waals surface area (Å²) in [6, 6.07) is 10.1. The molecule has 3 aromatic rings. The lowest BCUT2D eigenvalue weighted by Gasteiger charge is -2.12. The van der Waals surface area contributed by atoms with E-state index >= 15 is 0 Å². The van der Waals surface area contributed by atoms with E-state index in [0.29, 0.717) is 27.2 Å². The van der Waals surface area contributed by atoms with Crippen molar-refractivity contribution in [1.82, 2.24) is 0 Å². The SMILES string of the molecule is COc1cc(Cl)c(C)cc1NC(=O)c1coc(=O)c2ccccc12. The summed E-state index contributed by atoms with van der Waals surface area (Å²) < 4.78 is 10.2. The first-order valence-corrected chi connectivity index (χ1v) is 7.55. The summed E-state index contributed by atoms with van der Waals surface area (Å²) >= 11 is 6.07. The Hall–Kier alpha value is -2.79. The number of aryl methyl sites for hydroxylation is 1. The number of hydrogen-bond acceptors (Lipinski definition) is 4. The normalized spacial score (nSPS) is 10.6. The van der Waals surface area contributed by atoms with Gasteiger partial charge in [-0.3, -0.25) is 4.79 Å². The molecule has 1 aromatic heterocycles. The van der Waals surface area contributed by atoms with E-state index in [4.69, 9.17) is 20.8 Å². The molecule has 0 saturated carbocycles. The van der Waals surface area contributed by atoms with E-state index in [0.717, 1.165) is 11.8 Å². The number of anilines is 1. The minimum absolute atomic E-state index is 0.264. The van der Waals surface area contributed by atoms with Crippen molar-refractivity contribution in [3.8, 4) is 5.75 Å². The maximum Gasteiger partial charge on any atom is 0.343 e. The highest BCUT2D eigenvalue weighted by molar-refractivity contribution is 6.31. The van der Waals surface area contributed by atoms with Crippen LogP contribution in [0.2, 0.25) is 5.02 Å². The van der Waals surface area contributed by atoms with Gasteiger partial charge in [0.1, 0.15) is 12.0 Å². The Morgan fingerprint density at radius 1 is 1.21 bits per heavy atom. The van der Waals surface area contributed by atoms with Crippen LogP contribution in [0.5, 0.6) is 5.75 Å². The maximum absolute atomic E-state index is 12.6. The molecule has 3 rings (SSSR count). The van der Waals surface area contributed by atoms with Crippen molar-refractivity contribution in [2.24, 2.45) is 0 Å². The molecule has 0 spiro atoms. The van der Waals surface area contributed by atoms with Gasteiger partial charge in [-0.25, -0.2) is 4.79 Å². The van der Waals surface area contributed by atoms with E-state index in [-0.39, 0.29) is 5.56 Å². The zero-order valence-electron chi connectivity index (χ0n) is 13.1. The van der Waals surface area contributed by atoms with E-state index < -0.39 is 11.5 Å². The van der Waals surface area contributed by atoms with Crippen molar-refractivity contribution in [2.45, 2.75) is 6.92 Å². The van der Waals surface area contributed by atoms with Crippen molar-refractivity contribution in [2.75, 3.05) is 12.4 Å². The van der Waals surface area contributed by atoms with Crippen LogP contribution < -0.4 is 15.7 Å². The molecule has 1 N–H and O–H groups in total. The van der Waals surface area contributed by atoms with E-state index in [2.05, 4.69) is 5.32 Å². The Morgan fingerprint density at radius 3 is 2.62 bits per heavy atom. The van der Waals surface area contributed by atoms with Crippen LogP contribution in [0.3, 0.4) is 0 Å². The highest BCUT2D eigenvalue weighted by atomic mass is 35.5. The minimum atomic E-state index is -0.484. The predicted octanol–water partition coefficient (Wildman–Crippen LogP) is 4.02. The molecule has 5 nitrogen and oxygen atoms in total. The lowest BCUT2D eigenvalue weighted by Crippen LogP contribution is -2.15. The second-order valence-corrected chi connectivity index (χ2v) is 5.65. The van der Waals surface area contributed by atoms with Crippen molar-refractivity contribution in [3.05, 3.63) is 69.2 Å². The number of amides is 1. The highest BCUT2D eigenvalue weighted by Gasteiger charge is 2.16. The van der Waals surface area contributed by atoms with Crippen molar-refractivity contribution in [3.63, 3.8) is 0 Å². The molecule has 0 aliphatic rings. The van der Waals surface area contributed by atoms with Gasteiger partial charge >= 0.3 is 5.63 Å². The van der Waals surface area contributed by atoms with Gasteiger partial charge < -0.3 is 14.5 Å². The minimum Gasteiger partial charge on any atom is -0.495 e. The number of rotatable bonds is 3. The molecular formula is C18H14ClNO4. The lowest BCUT2D eigenvalue weighted by atomic mass is 10.1. The van der Waals surface area contributed by atoms with Crippen LogP contribution in [0, 0.1) is 6.92 Å². The van der Waals surface area contributed by atoms with Gasteiger partial charge in [0.15, 0.2) is 0 Å². The molecular weight excluding hydrogens is 330 g/mol. The van der Waals surface area contributed by atoms with Gasteiger partial charge in [0.25, 0.3) is 5.91 Å². The number of nitrogens with one attached hydrogen (secondary N) is 1. The third kappa shape index (κ3) is 2.86.